The summed E-state index contributed by atoms with van der Waals surface area (Å²) in [7, 11) is 0. The van der Waals surface area contributed by atoms with E-state index in [2.05, 4.69) is 25.7 Å². The van der Waals surface area contributed by atoms with Crippen LogP contribution in [-0.2, 0) is 0 Å². The maximum atomic E-state index is 9.14. The van der Waals surface area contributed by atoms with E-state index in [9.17, 15) is 0 Å². The average Bonchev–Trinajstić information content (AvgIpc) is 2.33. The highest BCUT2D eigenvalue weighted by atomic mass is 16.3. The van der Waals surface area contributed by atoms with Gasteiger partial charge in [0.05, 0.1) is 6.61 Å². The Balaban J connectivity index is 2.50. The third-order valence-electron chi connectivity index (χ3n) is 4.43. The van der Waals surface area contributed by atoms with E-state index < -0.39 is 0 Å². The maximum Gasteiger partial charge on any atom is 0.0558 e. The second-order valence-electron chi connectivity index (χ2n) is 6.20. The van der Waals surface area contributed by atoms with Gasteiger partial charge in [0.1, 0.15) is 0 Å². The number of nitrogens with two attached hydrogens (primary N) is 1. The quantitative estimate of drug-likeness (QED) is 0.734. The van der Waals surface area contributed by atoms with Gasteiger partial charge in [-0.1, -0.05) is 19.8 Å². The number of hydrogen-bond acceptors (Lipinski definition) is 3. The Labute approximate surface area is 113 Å². The van der Waals surface area contributed by atoms with E-state index >= 15 is 0 Å². The van der Waals surface area contributed by atoms with Gasteiger partial charge in [-0.05, 0) is 44.9 Å². The van der Waals surface area contributed by atoms with Crippen LogP contribution in [0.1, 0.15) is 52.9 Å². The van der Waals surface area contributed by atoms with Crippen molar-refractivity contribution in [3.63, 3.8) is 0 Å². The van der Waals surface area contributed by atoms with Crippen molar-refractivity contribution in [3.8, 4) is 0 Å². The van der Waals surface area contributed by atoms with Crippen molar-refractivity contribution in [2.75, 3.05) is 19.7 Å². The van der Waals surface area contributed by atoms with E-state index in [1.807, 2.05) is 0 Å². The van der Waals surface area contributed by atoms with Gasteiger partial charge in [0.25, 0.3) is 0 Å². The zero-order valence-electron chi connectivity index (χ0n) is 12.4. The molecule has 3 unspecified atom stereocenters. The van der Waals surface area contributed by atoms with Crippen LogP contribution >= 0.6 is 0 Å². The number of hydrogen-bond donors (Lipinski definition) is 2. The standard InChI is InChI=1S/C15H32N2O/c1-4-5-13-6-7-15(16)14(10-13)11-17(8-9-18)12(2)3/h12-15,18H,4-11,16H2,1-3H3. The van der Waals surface area contributed by atoms with E-state index in [1.165, 1.54) is 32.1 Å². The fourth-order valence-corrected chi connectivity index (χ4v) is 3.25. The first kappa shape index (κ1) is 15.9. The van der Waals surface area contributed by atoms with Crippen molar-refractivity contribution in [1.82, 2.24) is 4.90 Å². The first-order valence-corrected chi connectivity index (χ1v) is 7.68. The molecule has 0 amide bonds. The molecule has 3 atom stereocenters. The Morgan fingerprint density at radius 3 is 2.61 bits per heavy atom. The molecule has 0 spiro atoms. The molecule has 0 saturated heterocycles. The van der Waals surface area contributed by atoms with Crippen molar-refractivity contribution in [2.45, 2.75) is 65.0 Å². The molecule has 3 nitrogen and oxygen atoms in total. The average molecular weight is 256 g/mol. The van der Waals surface area contributed by atoms with Crippen LogP contribution in [0.5, 0.6) is 0 Å². The van der Waals surface area contributed by atoms with Gasteiger partial charge in [-0.2, -0.15) is 0 Å². The van der Waals surface area contributed by atoms with Gasteiger partial charge in [-0.15, -0.1) is 0 Å². The Kier molecular flexibility index (Phi) is 7.20. The van der Waals surface area contributed by atoms with Gasteiger partial charge in [-0.25, -0.2) is 0 Å². The first-order chi connectivity index (χ1) is 8.58. The number of aliphatic hydroxyl groups excluding tert-OH is 1. The van der Waals surface area contributed by atoms with Crippen LogP contribution in [0.25, 0.3) is 0 Å². The molecule has 0 heterocycles. The highest BCUT2D eigenvalue weighted by molar-refractivity contribution is 4.85. The van der Waals surface area contributed by atoms with Gasteiger partial charge in [0, 0.05) is 25.2 Å². The third-order valence-corrected chi connectivity index (χ3v) is 4.43. The van der Waals surface area contributed by atoms with E-state index in [1.54, 1.807) is 0 Å². The fourth-order valence-electron chi connectivity index (χ4n) is 3.25. The monoisotopic (exact) mass is 256 g/mol. The van der Waals surface area contributed by atoms with Crippen molar-refractivity contribution in [1.29, 1.82) is 0 Å². The molecule has 1 aliphatic rings. The summed E-state index contributed by atoms with van der Waals surface area (Å²) < 4.78 is 0. The minimum atomic E-state index is 0.249. The predicted molar refractivity (Wildman–Crippen MR) is 77.5 cm³/mol. The summed E-state index contributed by atoms with van der Waals surface area (Å²) in [5, 5.41) is 9.14. The lowest BCUT2D eigenvalue weighted by atomic mass is 9.76. The van der Waals surface area contributed by atoms with Crippen molar-refractivity contribution in [3.05, 3.63) is 0 Å². The molecule has 0 aromatic carbocycles. The van der Waals surface area contributed by atoms with E-state index in [0.29, 0.717) is 18.0 Å². The summed E-state index contributed by atoms with van der Waals surface area (Å²) in [5.41, 5.74) is 6.29. The molecule has 1 fully saturated rings. The summed E-state index contributed by atoms with van der Waals surface area (Å²) in [5.74, 6) is 1.49. The SMILES string of the molecule is CCCC1CCC(N)C(CN(CCO)C(C)C)C1. The normalized spacial score (nSPS) is 29.2. The smallest absolute Gasteiger partial charge is 0.0558 e. The molecule has 1 rings (SSSR count). The summed E-state index contributed by atoms with van der Waals surface area (Å²) in [4.78, 5) is 2.37. The van der Waals surface area contributed by atoms with Crippen LogP contribution in [0.2, 0.25) is 0 Å². The van der Waals surface area contributed by atoms with Crippen LogP contribution in [0.3, 0.4) is 0 Å². The van der Waals surface area contributed by atoms with E-state index in [0.717, 1.165) is 19.0 Å². The van der Waals surface area contributed by atoms with Crippen LogP contribution in [0.4, 0.5) is 0 Å². The Hall–Kier alpha value is -0.120. The molecule has 0 radical (unpaired) electrons. The van der Waals surface area contributed by atoms with E-state index in [4.69, 9.17) is 10.8 Å². The fraction of sp³-hybridized carbons (Fsp3) is 1.00. The Bertz CT molecular complexity index is 221. The Morgan fingerprint density at radius 2 is 2.06 bits per heavy atom. The topological polar surface area (TPSA) is 49.5 Å². The molecule has 3 N–H and O–H groups in total. The molecule has 0 bridgehead atoms. The van der Waals surface area contributed by atoms with Crippen LogP contribution in [0, 0.1) is 11.8 Å². The Morgan fingerprint density at radius 1 is 1.33 bits per heavy atom. The molecular formula is C15H32N2O. The van der Waals surface area contributed by atoms with Crippen molar-refractivity contribution < 1.29 is 5.11 Å². The molecule has 1 saturated carbocycles. The largest absolute Gasteiger partial charge is 0.395 e. The van der Waals surface area contributed by atoms with Crippen LogP contribution in [0.15, 0.2) is 0 Å². The van der Waals surface area contributed by atoms with Crippen molar-refractivity contribution >= 4 is 0 Å². The first-order valence-electron chi connectivity index (χ1n) is 7.68. The van der Waals surface area contributed by atoms with Gasteiger partial charge in [0.15, 0.2) is 0 Å². The maximum absolute atomic E-state index is 9.14. The van der Waals surface area contributed by atoms with Gasteiger partial charge in [0.2, 0.25) is 0 Å². The zero-order chi connectivity index (χ0) is 13.5. The molecule has 0 aromatic heterocycles. The molecular weight excluding hydrogens is 224 g/mol. The van der Waals surface area contributed by atoms with Crippen LogP contribution < -0.4 is 5.73 Å². The molecule has 108 valence electrons. The lowest BCUT2D eigenvalue weighted by molar-refractivity contribution is 0.110. The van der Waals surface area contributed by atoms with Gasteiger partial charge in [-0.3, -0.25) is 4.90 Å². The second-order valence-corrected chi connectivity index (χ2v) is 6.20. The summed E-state index contributed by atoms with van der Waals surface area (Å²) >= 11 is 0. The lowest BCUT2D eigenvalue weighted by Gasteiger charge is -2.38. The minimum absolute atomic E-state index is 0.249. The molecule has 0 aromatic rings. The van der Waals surface area contributed by atoms with Crippen LogP contribution in [-0.4, -0.2) is 41.8 Å². The number of rotatable bonds is 7. The van der Waals surface area contributed by atoms with Gasteiger partial charge >= 0.3 is 0 Å². The molecule has 1 aliphatic carbocycles. The third kappa shape index (κ3) is 4.87. The second kappa shape index (κ2) is 8.13. The molecule has 18 heavy (non-hydrogen) atoms. The van der Waals surface area contributed by atoms with Gasteiger partial charge < -0.3 is 10.8 Å². The highest BCUT2D eigenvalue weighted by Crippen LogP contribution is 2.32. The lowest BCUT2D eigenvalue weighted by Crippen LogP contribution is -2.45. The summed E-state index contributed by atoms with van der Waals surface area (Å²) in [6, 6.07) is 0.856. The van der Waals surface area contributed by atoms with Crippen molar-refractivity contribution in [2.24, 2.45) is 17.6 Å². The summed E-state index contributed by atoms with van der Waals surface area (Å²) in [6.07, 6.45) is 6.42. The number of nitrogens with zero attached hydrogens (tertiary/aromatic N) is 1. The zero-order valence-corrected chi connectivity index (χ0v) is 12.4. The number of aliphatic hydroxyl groups is 1. The van der Waals surface area contributed by atoms with E-state index in [-0.39, 0.29) is 6.61 Å². The highest BCUT2D eigenvalue weighted by Gasteiger charge is 2.29. The predicted octanol–water partition coefficient (Wildman–Crippen LogP) is 2.23. The minimum Gasteiger partial charge on any atom is -0.395 e. The molecule has 0 aliphatic heterocycles. The summed E-state index contributed by atoms with van der Waals surface area (Å²) in [6.45, 7) is 8.76. The molecule has 3 heteroatoms.